The second-order valence-corrected chi connectivity index (χ2v) is 8.46. The van der Waals surface area contributed by atoms with Crippen molar-refractivity contribution in [3.63, 3.8) is 0 Å². The third-order valence-electron chi connectivity index (χ3n) is 3.62. The molecule has 0 amide bonds. The normalized spacial score (nSPS) is 11.2. The number of carbonyl (C=O) groups is 1. The molecule has 0 saturated heterocycles. The minimum Gasteiger partial charge on any atom is -0.425 e. The van der Waals surface area contributed by atoms with Crippen molar-refractivity contribution < 1.29 is 9.53 Å². The van der Waals surface area contributed by atoms with Gasteiger partial charge >= 0.3 is 5.97 Å². The molecule has 2 rings (SSSR count). The van der Waals surface area contributed by atoms with Gasteiger partial charge in [-0.15, -0.1) is 0 Å². The predicted molar refractivity (Wildman–Crippen MR) is 101 cm³/mol. The zero-order valence-corrected chi connectivity index (χ0v) is 16.3. The minimum atomic E-state index is -0.728. The quantitative estimate of drug-likeness (QED) is 0.430. The maximum absolute atomic E-state index is 12.3. The molecule has 0 aliphatic carbocycles. The number of alkyl halides is 1. The van der Waals surface area contributed by atoms with Crippen LogP contribution in [0.15, 0.2) is 36.5 Å². The van der Waals surface area contributed by atoms with Gasteiger partial charge in [-0.25, -0.2) is 4.98 Å². The first-order valence-corrected chi connectivity index (χ1v) is 8.61. The summed E-state index contributed by atoms with van der Waals surface area (Å²) in [6.45, 7) is 8.15. The first-order chi connectivity index (χ1) is 11.2. The second-order valence-electron chi connectivity index (χ2n) is 6.48. The summed E-state index contributed by atoms with van der Waals surface area (Å²) in [6, 6.07) is 9.87. The highest BCUT2D eigenvalue weighted by Gasteiger charge is 2.27. The van der Waals surface area contributed by atoms with Gasteiger partial charge < -0.3 is 9.64 Å². The molecule has 2 aromatic rings. The summed E-state index contributed by atoms with van der Waals surface area (Å²) in [5.74, 6) is 1.19. The summed E-state index contributed by atoms with van der Waals surface area (Å²) in [5, 5.41) is 0. The van der Waals surface area contributed by atoms with Gasteiger partial charge in [0.1, 0.15) is 15.9 Å². The molecule has 0 unspecified atom stereocenters. The Morgan fingerprint density at radius 1 is 1.29 bits per heavy atom. The van der Waals surface area contributed by atoms with Gasteiger partial charge in [-0.05, 0) is 45.4 Å². The molecule has 0 radical (unpaired) electrons. The summed E-state index contributed by atoms with van der Waals surface area (Å²) in [7, 11) is 1.97. The number of anilines is 1. The summed E-state index contributed by atoms with van der Waals surface area (Å²) in [5.41, 5.74) is 3.05. The number of benzene rings is 1. The molecule has 4 nitrogen and oxygen atoms in total. The molecule has 0 bridgehead atoms. The van der Waals surface area contributed by atoms with E-state index in [1.165, 1.54) is 0 Å². The van der Waals surface area contributed by atoms with Gasteiger partial charge in [-0.2, -0.15) is 0 Å². The Kier molecular flexibility index (Phi) is 5.65. The Hall–Kier alpha value is -1.88. The molecule has 1 aromatic heterocycles. The second kappa shape index (κ2) is 7.34. The van der Waals surface area contributed by atoms with E-state index in [1.54, 1.807) is 20.0 Å². The van der Waals surface area contributed by atoms with E-state index in [2.05, 4.69) is 27.0 Å². The van der Waals surface area contributed by atoms with Crippen molar-refractivity contribution in [1.29, 1.82) is 0 Å². The number of pyridine rings is 1. The Bertz CT molecular complexity index is 724. The molecule has 5 heteroatoms. The third-order valence-corrected chi connectivity index (χ3v) is 3.95. The monoisotopic (exact) mass is 390 g/mol. The van der Waals surface area contributed by atoms with Crippen molar-refractivity contribution in [3.8, 4) is 5.75 Å². The van der Waals surface area contributed by atoms with Crippen LogP contribution in [0.2, 0.25) is 0 Å². The van der Waals surface area contributed by atoms with Crippen molar-refractivity contribution in [2.45, 2.75) is 38.6 Å². The molecule has 0 fully saturated rings. The highest BCUT2D eigenvalue weighted by Crippen LogP contribution is 2.30. The van der Waals surface area contributed by atoms with E-state index < -0.39 is 4.32 Å². The molecule has 1 aromatic carbocycles. The Morgan fingerprint density at radius 2 is 2.00 bits per heavy atom. The van der Waals surface area contributed by atoms with Crippen LogP contribution in [0.4, 0.5) is 5.82 Å². The number of halogens is 1. The fourth-order valence-corrected chi connectivity index (χ4v) is 2.52. The first-order valence-electron chi connectivity index (χ1n) is 7.82. The maximum Gasteiger partial charge on any atom is 0.327 e. The molecule has 0 aliphatic rings. The van der Waals surface area contributed by atoms with Crippen LogP contribution < -0.4 is 9.64 Å². The zero-order valence-electron chi connectivity index (χ0n) is 14.8. The van der Waals surface area contributed by atoms with E-state index in [0.717, 1.165) is 22.5 Å². The first kappa shape index (κ1) is 18.5. The Morgan fingerprint density at radius 3 is 2.58 bits per heavy atom. The topological polar surface area (TPSA) is 42.4 Å². The molecule has 128 valence electrons. The number of nitrogens with zero attached hydrogens (tertiary/aromatic N) is 2. The number of ether oxygens (including phenoxy) is 1. The van der Waals surface area contributed by atoms with Crippen LogP contribution in [0, 0.1) is 13.8 Å². The van der Waals surface area contributed by atoms with Crippen molar-refractivity contribution in [3.05, 3.63) is 53.2 Å². The van der Waals surface area contributed by atoms with E-state index in [1.807, 2.05) is 50.1 Å². The van der Waals surface area contributed by atoms with Crippen molar-refractivity contribution >= 4 is 27.7 Å². The van der Waals surface area contributed by atoms with E-state index in [0.29, 0.717) is 12.3 Å². The van der Waals surface area contributed by atoms with Gasteiger partial charge in [-0.3, -0.25) is 4.79 Å². The Balaban J connectivity index is 2.33. The van der Waals surface area contributed by atoms with Crippen LogP contribution in [0.25, 0.3) is 0 Å². The average Bonchev–Trinajstić information content (AvgIpc) is 2.50. The number of hydrogen-bond donors (Lipinski definition) is 0. The molecule has 24 heavy (non-hydrogen) atoms. The number of aromatic nitrogens is 1. The number of aryl methyl sites for hydroxylation is 2. The Labute approximate surface area is 152 Å². The molecule has 0 atom stereocenters. The highest BCUT2D eigenvalue weighted by atomic mass is 79.9. The summed E-state index contributed by atoms with van der Waals surface area (Å²) in [6.07, 6.45) is 1.77. The van der Waals surface area contributed by atoms with E-state index in [4.69, 9.17) is 4.74 Å². The van der Waals surface area contributed by atoms with Crippen molar-refractivity contribution in [2.75, 3.05) is 11.9 Å². The zero-order chi connectivity index (χ0) is 17.9. The number of hydrogen-bond acceptors (Lipinski definition) is 4. The average molecular weight is 391 g/mol. The highest BCUT2D eigenvalue weighted by molar-refractivity contribution is 9.10. The van der Waals surface area contributed by atoms with Gasteiger partial charge in [0.05, 0.1) is 0 Å². The molecule has 0 aliphatic heterocycles. The SMILES string of the molecule is Cc1cc(C)c(OC(=O)C(C)(C)Br)c(CN(C)c2ccccn2)c1. The molecule has 0 saturated carbocycles. The van der Waals surface area contributed by atoms with Gasteiger partial charge in [0.2, 0.25) is 0 Å². The lowest BCUT2D eigenvalue weighted by molar-refractivity contribution is -0.136. The number of rotatable bonds is 5. The van der Waals surface area contributed by atoms with Gasteiger partial charge in [0.15, 0.2) is 0 Å². The standard InChI is InChI=1S/C19H23BrN2O2/c1-13-10-14(2)17(24-18(23)19(3,4)20)15(11-13)12-22(5)16-8-6-7-9-21-16/h6-11H,12H2,1-5H3. The van der Waals surface area contributed by atoms with E-state index >= 15 is 0 Å². The molecule has 1 heterocycles. The lowest BCUT2D eigenvalue weighted by atomic mass is 10.0. The lowest BCUT2D eigenvalue weighted by Gasteiger charge is -2.23. The molecule has 0 N–H and O–H groups in total. The van der Waals surface area contributed by atoms with Crippen LogP contribution >= 0.6 is 15.9 Å². The van der Waals surface area contributed by atoms with Crippen LogP contribution in [0.5, 0.6) is 5.75 Å². The van der Waals surface area contributed by atoms with Gasteiger partial charge in [-0.1, -0.05) is 39.7 Å². The van der Waals surface area contributed by atoms with Gasteiger partial charge in [0.25, 0.3) is 0 Å². The molecular weight excluding hydrogens is 368 g/mol. The van der Waals surface area contributed by atoms with Crippen LogP contribution in [-0.2, 0) is 11.3 Å². The smallest absolute Gasteiger partial charge is 0.327 e. The summed E-state index contributed by atoms with van der Waals surface area (Å²) in [4.78, 5) is 18.7. The number of carbonyl (C=O) groups excluding carboxylic acids is 1. The van der Waals surface area contributed by atoms with E-state index in [9.17, 15) is 4.79 Å². The number of esters is 1. The summed E-state index contributed by atoms with van der Waals surface area (Å²) >= 11 is 3.36. The van der Waals surface area contributed by atoms with Crippen LogP contribution in [0.3, 0.4) is 0 Å². The lowest BCUT2D eigenvalue weighted by Crippen LogP contribution is -2.30. The van der Waals surface area contributed by atoms with Crippen molar-refractivity contribution in [2.24, 2.45) is 0 Å². The maximum atomic E-state index is 12.3. The minimum absolute atomic E-state index is 0.309. The molecular formula is C19H23BrN2O2. The fraction of sp³-hybridized carbons (Fsp3) is 0.368. The molecule has 0 spiro atoms. The van der Waals surface area contributed by atoms with Crippen LogP contribution in [0.1, 0.15) is 30.5 Å². The van der Waals surface area contributed by atoms with E-state index in [-0.39, 0.29) is 5.97 Å². The largest absolute Gasteiger partial charge is 0.425 e. The van der Waals surface area contributed by atoms with Crippen molar-refractivity contribution in [1.82, 2.24) is 4.98 Å². The fourth-order valence-electron chi connectivity index (χ4n) is 2.44. The van der Waals surface area contributed by atoms with Gasteiger partial charge in [0, 0.05) is 25.4 Å². The summed E-state index contributed by atoms with van der Waals surface area (Å²) < 4.78 is 4.97. The third kappa shape index (κ3) is 4.57. The predicted octanol–water partition coefficient (Wildman–Crippen LogP) is 4.41. The van der Waals surface area contributed by atoms with Crippen LogP contribution in [-0.4, -0.2) is 22.3 Å².